The molecule has 0 bridgehead atoms. The molecule has 1 saturated carbocycles. The lowest BCUT2D eigenvalue weighted by Crippen LogP contribution is -2.24. The van der Waals surface area contributed by atoms with Crippen molar-refractivity contribution in [2.45, 2.75) is 26.2 Å². The molecule has 2 rings (SSSR count). The van der Waals surface area contributed by atoms with Crippen LogP contribution < -0.4 is 10.6 Å². The summed E-state index contributed by atoms with van der Waals surface area (Å²) in [5.41, 5.74) is 0.673. The van der Waals surface area contributed by atoms with E-state index in [9.17, 15) is 4.79 Å². The van der Waals surface area contributed by atoms with Crippen molar-refractivity contribution in [2.75, 3.05) is 18.4 Å². The van der Waals surface area contributed by atoms with Gasteiger partial charge in [0.15, 0.2) is 0 Å². The molecule has 0 saturated heterocycles. The number of rotatable bonds is 6. The van der Waals surface area contributed by atoms with Gasteiger partial charge in [-0.15, -0.1) is 0 Å². The standard InChI is InChI=1S/C13H19N3O/c1-2-14-12-9-11(6-8-15-12)13(17)16-7-5-10-3-4-10/h6,8-10H,2-5,7H2,1H3,(H,14,15)(H,16,17). The first-order chi connectivity index (χ1) is 8.29. The molecular weight excluding hydrogens is 214 g/mol. The molecule has 4 heteroatoms. The van der Waals surface area contributed by atoms with Crippen LogP contribution in [0, 0.1) is 5.92 Å². The van der Waals surface area contributed by atoms with E-state index in [0.29, 0.717) is 5.56 Å². The van der Waals surface area contributed by atoms with E-state index >= 15 is 0 Å². The predicted octanol–water partition coefficient (Wildman–Crippen LogP) is 2.04. The summed E-state index contributed by atoms with van der Waals surface area (Å²) in [6, 6.07) is 3.53. The molecule has 1 heterocycles. The van der Waals surface area contributed by atoms with Crippen molar-refractivity contribution in [3.63, 3.8) is 0 Å². The minimum Gasteiger partial charge on any atom is -0.370 e. The number of nitrogens with one attached hydrogen (secondary N) is 2. The normalized spacial score (nSPS) is 14.4. The molecule has 0 spiro atoms. The van der Waals surface area contributed by atoms with Gasteiger partial charge in [0, 0.05) is 24.8 Å². The summed E-state index contributed by atoms with van der Waals surface area (Å²) in [6.45, 7) is 3.59. The zero-order valence-corrected chi connectivity index (χ0v) is 10.2. The summed E-state index contributed by atoms with van der Waals surface area (Å²) in [5.74, 6) is 1.60. The van der Waals surface area contributed by atoms with Crippen LogP contribution >= 0.6 is 0 Å². The van der Waals surface area contributed by atoms with Gasteiger partial charge in [-0.05, 0) is 31.4 Å². The van der Waals surface area contributed by atoms with Crippen LogP contribution in [0.15, 0.2) is 18.3 Å². The second-order valence-corrected chi connectivity index (χ2v) is 4.45. The van der Waals surface area contributed by atoms with Crippen LogP contribution in [0.25, 0.3) is 0 Å². The molecule has 1 amide bonds. The Morgan fingerprint density at radius 1 is 1.53 bits per heavy atom. The zero-order chi connectivity index (χ0) is 12.1. The SMILES string of the molecule is CCNc1cc(C(=O)NCCC2CC2)ccn1. The monoisotopic (exact) mass is 233 g/mol. The molecule has 1 aliphatic rings. The number of carbonyl (C=O) groups excluding carboxylic acids is 1. The van der Waals surface area contributed by atoms with Gasteiger partial charge in [0.25, 0.3) is 5.91 Å². The molecule has 0 radical (unpaired) electrons. The Labute approximate surface area is 102 Å². The smallest absolute Gasteiger partial charge is 0.251 e. The van der Waals surface area contributed by atoms with Crippen LogP contribution in [0.5, 0.6) is 0 Å². The van der Waals surface area contributed by atoms with Crippen LogP contribution in [0.3, 0.4) is 0 Å². The molecule has 2 N–H and O–H groups in total. The van der Waals surface area contributed by atoms with E-state index in [2.05, 4.69) is 15.6 Å². The minimum absolute atomic E-state index is 0.00722. The number of hydrogen-bond donors (Lipinski definition) is 2. The van der Waals surface area contributed by atoms with Gasteiger partial charge in [0.2, 0.25) is 0 Å². The Bertz CT molecular complexity index is 388. The van der Waals surface area contributed by atoms with Crippen LogP contribution in [0.1, 0.15) is 36.5 Å². The summed E-state index contributed by atoms with van der Waals surface area (Å²) in [5, 5.41) is 6.04. The van der Waals surface area contributed by atoms with Gasteiger partial charge >= 0.3 is 0 Å². The lowest BCUT2D eigenvalue weighted by atomic mass is 10.2. The topological polar surface area (TPSA) is 54.0 Å². The Morgan fingerprint density at radius 3 is 3.06 bits per heavy atom. The summed E-state index contributed by atoms with van der Waals surface area (Å²) in [4.78, 5) is 16.0. The lowest BCUT2D eigenvalue weighted by Gasteiger charge is -2.06. The van der Waals surface area contributed by atoms with Crippen molar-refractivity contribution in [3.05, 3.63) is 23.9 Å². The third-order valence-electron chi connectivity index (χ3n) is 2.92. The summed E-state index contributed by atoms with van der Waals surface area (Å²) < 4.78 is 0. The summed E-state index contributed by atoms with van der Waals surface area (Å²) >= 11 is 0. The van der Waals surface area contributed by atoms with Gasteiger partial charge in [-0.1, -0.05) is 12.8 Å². The largest absolute Gasteiger partial charge is 0.370 e. The number of carbonyl (C=O) groups is 1. The molecule has 0 aliphatic heterocycles. The van der Waals surface area contributed by atoms with Crippen LogP contribution in [-0.4, -0.2) is 24.0 Å². The second-order valence-electron chi connectivity index (χ2n) is 4.45. The molecule has 1 aliphatic carbocycles. The third-order valence-corrected chi connectivity index (χ3v) is 2.92. The van der Waals surface area contributed by atoms with Crippen molar-refractivity contribution in [1.82, 2.24) is 10.3 Å². The molecule has 92 valence electrons. The highest BCUT2D eigenvalue weighted by Crippen LogP contribution is 2.31. The molecular formula is C13H19N3O. The number of pyridine rings is 1. The van der Waals surface area contributed by atoms with Crippen molar-refractivity contribution < 1.29 is 4.79 Å². The van der Waals surface area contributed by atoms with Gasteiger partial charge in [-0.2, -0.15) is 0 Å². The first-order valence-electron chi connectivity index (χ1n) is 6.27. The maximum atomic E-state index is 11.8. The zero-order valence-electron chi connectivity index (χ0n) is 10.2. The molecule has 0 atom stereocenters. The maximum Gasteiger partial charge on any atom is 0.251 e. The highest BCUT2D eigenvalue weighted by Gasteiger charge is 2.20. The quantitative estimate of drug-likeness (QED) is 0.790. The highest BCUT2D eigenvalue weighted by atomic mass is 16.1. The second kappa shape index (κ2) is 5.66. The molecule has 1 fully saturated rings. The summed E-state index contributed by atoms with van der Waals surface area (Å²) in [7, 11) is 0. The minimum atomic E-state index is -0.00722. The lowest BCUT2D eigenvalue weighted by molar-refractivity contribution is 0.0952. The first-order valence-corrected chi connectivity index (χ1v) is 6.27. The fourth-order valence-electron chi connectivity index (χ4n) is 1.75. The van der Waals surface area contributed by atoms with Gasteiger partial charge in [0.05, 0.1) is 0 Å². The number of anilines is 1. The van der Waals surface area contributed by atoms with E-state index in [1.807, 2.05) is 6.92 Å². The molecule has 1 aromatic heterocycles. The maximum absolute atomic E-state index is 11.8. The number of amides is 1. The van der Waals surface area contributed by atoms with Gasteiger partial charge in [-0.3, -0.25) is 4.79 Å². The van der Waals surface area contributed by atoms with Crippen LogP contribution in [0.4, 0.5) is 5.82 Å². The number of nitrogens with zero attached hydrogens (tertiary/aromatic N) is 1. The number of aromatic nitrogens is 1. The Balaban J connectivity index is 1.85. The van der Waals surface area contributed by atoms with Crippen molar-refractivity contribution in [1.29, 1.82) is 0 Å². The van der Waals surface area contributed by atoms with E-state index in [4.69, 9.17) is 0 Å². The molecule has 17 heavy (non-hydrogen) atoms. The van der Waals surface area contributed by atoms with E-state index in [0.717, 1.165) is 31.2 Å². The molecule has 0 aromatic carbocycles. The fourth-order valence-corrected chi connectivity index (χ4v) is 1.75. The summed E-state index contributed by atoms with van der Waals surface area (Å²) in [6.07, 6.45) is 5.43. The van der Waals surface area contributed by atoms with Crippen LogP contribution in [-0.2, 0) is 0 Å². The Kier molecular flexibility index (Phi) is 3.96. The molecule has 1 aromatic rings. The van der Waals surface area contributed by atoms with E-state index in [1.54, 1.807) is 18.3 Å². The third kappa shape index (κ3) is 3.73. The van der Waals surface area contributed by atoms with Gasteiger partial charge in [0.1, 0.15) is 5.82 Å². The van der Waals surface area contributed by atoms with Gasteiger partial charge in [-0.25, -0.2) is 4.98 Å². The predicted molar refractivity (Wildman–Crippen MR) is 68.1 cm³/mol. The molecule has 4 nitrogen and oxygen atoms in total. The Morgan fingerprint density at radius 2 is 2.35 bits per heavy atom. The van der Waals surface area contributed by atoms with Crippen molar-refractivity contribution >= 4 is 11.7 Å². The first kappa shape index (κ1) is 11.9. The number of hydrogen-bond acceptors (Lipinski definition) is 3. The van der Waals surface area contributed by atoms with E-state index in [1.165, 1.54) is 12.8 Å². The van der Waals surface area contributed by atoms with Crippen molar-refractivity contribution in [2.24, 2.45) is 5.92 Å². The Hall–Kier alpha value is -1.58. The van der Waals surface area contributed by atoms with E-state index in [-0.39, 0.29) is 5.91 Å². The van der Waals surface area contributed by atoms with Crippen LogP contribution in [0.2, 0.25) is 0 Å². The average Bonchev–Trinajstić information content (AvgIpc) is 3.14. The van der Waals surface area contributed by atoms with E-state index < -0.39 is 0 Å². The van der Waals surface area contributed by atoms with Gasteiger partial charge < -0.3 is 10.6 Å². The van der Waals surface area contributed by atoms with Crippen molar-refractivity contribution in [3.8, 4) is 0 Å². The molecule has 0 unspecified atom stereocenters. The fraction of sp³-hybridized carbons (Fsp3) is 0.538. The average molecular weight is 233 g/mol. The highest BCUT2D eigenvalue weighted by molar-refractivity contribution is 5.94.